The highest BCUT2D eigenvalue weighted by atomic mass is 16.5. The van der Waals surface area contributed by atoms with E-state index in [0.717, 1.165) is 5.82 Å². The Labute approximate surface area is 90.9 Å². The zero-order valence-corrected chi connectivity index (χ0v) is 9.82. The molecule has 0 aromatic carbocycles. The largest absolute Gasteiger partial charge is 0.481 e. The standard InChI is InChI=1S/C11H19N3O/c1-11(2,3)8(12)7-9-13-6-5-10(14-9)15-4/h5-6,8H,7,12H2,1-4H3. The van der Waals surface area contributed by atoms with E-state index in [1.807, 2.05) is 0 Å². The summed E-state index contributed by atoms with van der Waals surface area (Å²) in [4.78, 5) is 8.40. The molecule has 1 rings (SSSR count). The molecular formula is C11H19N3O. The average Bonchev–Trinajstić information content (AvgIpc) is 2.16. The van der Waals surface area contributed by atoms with Crippen molar-refractivity contribution in [2.75, 3.05) is 7.11 Å². The van der Waals surface area contributed by atoms with Gasteiger partial charge in [-0.25, -0.2) is 4.98 Å². The van der Waals surface area contributed by atoms with E-state index in [2.05, 4.69) is 30.7 Å². The van der Waals surface area contributed by atoms with Crippen LogP contribution in [0.25, 0.3) is 0 Å². The molecule has 0 saturated carbocycles. The number of hydrogen-bond acceptors (Lipinski definition) is 4. The average molecular weight is 209 g/mol. The molecule has 1 unspecified atom stereocenters. The van der Waals surface area contributed by atoms with Gasteiger partial charge in [-0.15, -0.1) is 0 Å². The van der Waals surface area contributed by atoms with Crippen molar-refractivity contribution >= 4 is 0 Å². The van der Waals surface area contributed by atoms with Gasteiger partial charge in [0.15, 0.2) is 0 Å². The van der Waals surface area contributed by atoms with Crippen LogP contribution in [-0.4, -0.2) is 23.1 Å². The van der Waals surface area contributed by atoms with Gasteiger partial charge in [0.25, 0.3) is 0 Å². The highest BCUT2D eigenvalue weighted by molar-refractivity contribution is 5.09. The first-order valence-electron chi connectivity index (χ1n) is 5.05. The van der Waals surface area contributed by atoms with Crippen molar-refractivity contribution in [2.24, 2.45) is 11.1 Å². The van der Waals surface area contributed by atoms with Gasteiger partial charge >= 0.3 is 0 Å². The second kappa shape index (κ2) is 4.57. The molecule has 84 valence electrons. The lowest BCUT2D eigenvalue weighted by Gasteiger charge is -2.26. The predicted molar refractivity (Wildman–Crippen MR) is 59.7 cm³/mol. The van der Waals surface area contributed by atoms with Gasteiger partial charge in [0.2, 0.25) is 5.88 Å². The number of aromatic nitrogens is 2. The first-order valence-corrected chi connectivity index (χ1v) is 5.05. The maximum atomic E-state index is 6.05. The van der Waals surface area contributed by atoms with Crippen LogP contribution in [0.4, 0.5) is 0 Å². The summed E-state index contributed by atoms with van der Waals surface area (Å²) in [6.07, 6.45) is 2.36. The SMILES string of the molecule is COc1ccnc(CC(N)C(C)(C)C)n1. The number of nitrogens with zero attached hydrogens (tertiary/aromatic N) is 2. The van der Waals surface area contributed by atoms with Crippen molar-refractivity contribution < 1.29 is 4.74 Å². The highest BCUT2D eigenvalue weighted by Gasteiger charge is 2.21. The molecule has 0 aliphatic rings. The van der Waals surface area contributed by atoms with Crippen LogP contribution in [0.15, 0.2) is 12.3 Å². The van der Waals surface area contributed by atoms with E-state index in [1.165, 1.54) is 0 Å². The highest BCUT2D eigenvalue weighted by Crippen LogP contribution is 2.19. The lowest BCUT2D eigenvalue weighted by Crippen LogP contribution is -2.37. The summed E-state index contributed by atoms with van der Waals surface area (Å²) in [5.41, 5.74) is 6.12. The normalized spacial score (nSPS) is 13.7. The Balaban J connectivity index is 2.72. The molecule has 1 aromatic heterocycles. The fourth-order valence-corrected chi connectivity index (χ4v) is 1.10. The maximum absolute atomic E-state index is 6.05. The first kappa shape index (κ1) is 11.9. The molecule has 0 spiro atoms. The fraction of sp³-hybridized carbons (Fsp3) is 0.636. The third kappa shape index (κ3) is 3.47. The van der Waals surface area contributed by atoms with Gasteiger partial charge < -0.3 is 10.5 Å². The summed E-state index contributed by atoms with van der Waals surface area (Å²) in [6, 6.07) is 1.77. The van der Waals surface area contributed by atoms with Gasteiger partial charge in [0.1, 0.15) is 5.82 Å². The molecule has 0 aliphatic heterocycles. The van der Waals surface area contributed by atoms with E-state index >= 15 is 0 Å². The fourth-order valence-electron chi connectivity index (χ4n) is 1.10. The van der Waals surface area contributed by atoms with Gasteiger partial charge in [0, 0.05) is 24.7 Å². The van der Waals surface area contributed by atoms with Crippen LogP contribution < -0.4 is 10.5 Å². The Bertz CT molecular complexity index is 320. The number of ether oxygens (including phenoxy) is 1. The Morgan fingerprint density at radius 3 is 2.67 bits per heavy atom. The molecule has 2 N–H and O–H groups in total. The number of hydrogen-bond donors (Lipinski definition) is 1. The quantitative estimate of drug-likeness (QED) is 0.817. The summed E-state index contributed by atoms with van der Waals surface area (Å²) in [7, 11) is 1.59. The minimum absolute atomic E-state index is 0.0459. The van der Waals surface area contributed by atoms with Gasteiger partial charge in [-0.3, -0.25) is 0 Å². The van der Waals surface area contributed by atoms with Crippen LogP contribution in [-0.2, 0) is 6.42 Å². The summed E-state index contributed by atoms with van der Waals surface area (Å²) in [6.45, 7) is 6.33. The first-order chi connectivity index (χ1) is 6.93. The molecule has 1 atom stereocenters. The lowest BCUT2D eigenvalue weighted by atomic mass is 9.85. The summed E-state index contributed by atoms with van der Waals surface area (Å²) < 4.78 is 5.03. The number of nitrogens with two attached hydrogens (primary N) is 1. The summed E-state index contributed by atoms with van der Waals surface area (Å²) in [5.74, 6) is 1.32. The maximum Gasteiger partial charge on any atom is 0.216 e. The van der Waals surface area contributed by atoms with Gasteiger partial charge in [0.05, 0.1) is 7.11 Å². The Morgan fingerprint density at radius 1 is 1.47 bits per heavy atom. The van der Waals surface area contributed by atoms with E-state index in [0.29, 0.717) is 12.3 Å². The number of rotatable bonds is 3. The monoisotopic (exact) mass is 209 g/mol. The van der Waals surface area contributed by atoms with Gasteiger partial charge in [-0.05, 0) is 5.41 Å². The molecule has 0 radical (unpaired) electrons. The Kier molecular flexibility index (Phi) is 3.63. The van der Waals surface area contributed by atoms with Crippen molar-refractivity contribution in [3.8, 4) is 5.88 Å². The topological polar surface area (TPSA) is 61.0 Å². The minimum atomic E-state index is 0.0459. The van der Waals surface area contributed by atoms with E-state index in [-0.39, 0.29) is 11.5 Å². The lowest BCUT2D eigenvalue weighted by molar-refractivity contribution is 0.313. The van der Waals surface area contributed by atoms with Crippen LogP contribution in [0.3, 0.4) is 0 Å². The second-order valence-corrected chi connectivity index (χ2v) is 4.69. The van der Waals surface area contributed by atoms with Crippen molar-refractivity contribution in [1.29, 1.82) is 0 Å². The molecule has 1 aromatic rings. The van der Waals surface area contributed by atoms with Crippen molar-refractivity contribution in [3.63, 3.8) is 0 Å². The van der Waals surface area contributed by atoms with Crippen LogP contribution in [0, 0.1) is 5.41 Å². The zero-order valence-electron chi connectivity index (χ0n) is 9.82. The van der Waals surface area contributed by atoms with E-state index in [1.54, 1.807) is 19.4 Å². The van der Waals surface area contributed by atoms with Crippen molar-refractivity contribution in [3.05, 3.63) is 18.1 Å². The predicted octanol–water partition coefficient (Wildman–Crippen LogP) is 1.40. The smallest absolute Gasteiger partial charge is 0.216 e. The number of methoxy groups -OCH3 is 1. The van der Waals surface area contributed by atoms with Gasteiger partial charge in [-0.2, -0.15) is 4.98 Å². The van der Waals surface area contributed by atoms with Crippen LogP contribution >= 0.6 is 0 Å². The molecule has 0 aliphatic carbocycles. The summed E-state index contributed by atoms with van der Waals surface area (Å²) >= 11 is 0. The van der Waals surface area contributed by atoms with E-state index in [4.69, 9.17) is 10.5 Å². The second-order valence-electron chi connectivity index (χ2n) is 4.69. The van der Waals surface area contributed by atoms with E-state index in [9.17, 15) is 0 Å². The molecular weight excluding hydrogens is 190 g/mol. The third-order valence-electron chi connectivity index (χ3n) is 2.40. The minimum Gasteiger partial charge on any atom is -0.481 e. The van der Waals surface area contributed by atoms with Crippen LogP contribution in [0.2, 0.25) is 0 Å². The van der Waals surface area contributed by atoms with Crippen LogP contribution in [0.1, 0.15) is 26.6 Å². The van der Waals surface area contributed by atoms with Crippen molar-refractivity contribution in [1.82, 2.24) is 9.97 Å². The Morgan fingerprint density at radius 2 is 2.13 bits per heavy atom. The zero-order chi connectivity index (χ0) is 11.5. The third-order valence-corrected chi connectivity index (χ3v) is 2.40. The molecule has 0 amide bonds. The van der Waals surface area contributed by atoms with Gasteiger partial charge in [-0.1, -0.05) is 20.8 Å². The molecule has 4 heteroatoms. The molecule has 0 bridgehead atoms. The van der Waals surface area contributed by atoms with Crippen molar-refractivity contribution in [2.45, 2.75) is 33.2 Å². The summed E-state index contributed by atoms with van der Waals surface area (Å²) in [5, 5.41) is 0. The molecule has 1 heterocycles. The molecule has 4 nitrogen and oxygen atoms in total. The van der Waals surface area contributed by atoms with E-state index < -0.39 is 0 Å². The Hall–Kier alpha value is -1.16. The molecule has 0 saturated heterocycles. The van der Waals surface area contributed by atoms with Crippen LogP contribution in [0.5, 0.6) is 5.88 Å². The molecule has 15 heavy (non-hydrogen) atoms. The molecule has 0 fully saturated rings.